The van der Waals surface area contributed by atoms with E-state index in [0.717, 1.165) is 11.3 Å². The number of nitrogens with one attached hydrogen (secondary N) is 2. The van der Waals surface area contributed by atoms with Gasteiger partial charge in [-0.25, -0.2) is 0 Å². The molecular weight excluding hydrogens is 234 g/mol. The van der Waals surface area contributed by atoms with Crippen LogP contribution in [0, 0.1) is 6.92 Å². The first kappa shape index (κ1) is 12.2. The van der Waals surface area contributed by atoms with Crippen LogP contribution in [0.4, 0.5) is 0 Å². The van der Waals surface area contributed by atoms with Crippen LogP contribution in [0.3, 0.4) is 0 Å². The fourth-order valence-electron chi connectivity index (χ4n) is 1.69. The Morgan fingerprint density at radius 2 is 2.22 bits per heavy atom. The maximum absolute atomic E-state index is 11.8. The van der Waals surface area contributed by atoms with E-state index in [-0.39, 0.29) is 17.2 Å². The molecule has 7 heteroatoms. The fraction of sp³-hybridized carbons (Fsp3) is 0.364. The van der Waals surface area contributed by atoms with Crippen molar-refractivity contribution in [1.29, 1.82) is 0 Å². The average Bonchev–Trinajstić information content (AvgIpc) is 2.79. The van der Waals surface area contributed by atoms with Crippen molar-refractivity contribution in [3.63, 3.8) is 0 Å². The summed E-state index contributed by atoms with van der Waals surface area (Å²) in [5.74, 6) is -0.322. The van der Waals surface area contributed by atoms with Gasteiger partial charge in [0.25, 0.3) is 11.5 Å². The highest BCUT2D eigenvalue weighted by Gasteiger charge is 2.11. The molecule has 0 saturated heterocycles. The van der Waals surface area contributed by atoms with E-state index in [2.05, 4.69) is 15.5 Å². The number of H-pyrrole nitrogens is 1. The molecule has 0 bridgehead atoms. The van der Waals surface area contributed by atoms with Crippen LogP contribution in [0.1, 0.15) is 21.7 Å². The molecule has 2 rings (SSSR count). The van der Waals surface area contributed by atoms with Gasteiger partial charge < -0.3 is 5.32 Å². The Morgan fingerprint density at radius 3 is 2.72 bits per heavy atom. The van der Waals surface area contributed by atoms with Crippen LogP contribution in [0.15, 0.2) is 17.1 Å². The molecule has 2 aromatic heterocycles. The van der Waals surface area contributed by atoms with Gasteiger partial charge in [0, 0.05) is 26.4 Å². The van der Waals surface area contributed by atoms with Crippen LogP contribution in [0.25, 0.3) is 0 Å². The van der Waals surface area contributed by atoms with Crippen molar-refractivity contribution in [2.75, 3.05) is 0 Å². The zero-order valence-corrected chi connectivity index (χ0v) is 10.5. The van der Waals surface area contributed by atoms with E-state index in [4.69, 9.17) is 0 Å². The minimum absolute atomic E-state index is 0.242. The van der Waals surface area contributed by atoms with Gasteiger partial charge in [-0.3, -0.25) is 24.1 Å². The van der Waals surface area contributed by atoms with E-state index in [9.17, 15) is 9.59 Å². The normalized spacial score (nSPS) is 10.6. The van der Waals surface area contributed by atoms with E-state index >= 15 is 0 Å². The molecular formula is C11H15N5O2. The summed E-state index contributed by atoms with van der Waals surface area (Å²) in [6.07, 6.45) is 1.88. The number of nitrogens with zero attached hydrogens (tertiary/aromatic N) is 3. The van der Waals surface area contributed by atoms with E-state index in [1.165, 1.54) is 10.7 Å². The number of rotatable bonds is 3. The smallest absolute Gasteiger partial charge is 0.269 e. The van der Waals surface area contributed by atoms with E-state index < -0.39 is 0 Å². The van der Waals surface area contributed by atoms with E-state index in [1.807, 2.05) is 20.2 Å². The molecule has 0 radical (unpaired) electrons. The minimum Gasteiger partial charge on any atom is -0.345 e. The summed E-state index contributed by atoms with van der Waals surface area (Å²) in [7, 11) is 3.38. The molecule has 0 aliphatic heterocycles. The van der Waals surface area contributed by atoms with Gasteiger partial charge >= 0.3 is 0 Å². The Labute approximate surface area is 103 Å². The van der Waals surface area contributed by atoms with Gasteiger partial charge in [0.2, 0.25) is 0 Å². The first-order valence-electron chi connectivity index (χ1n) is 5.50. The molecule has 2 aromatic rings. The second-order valence-electron chi connectivity index (χ2n) is 4.18. The highest BCUT2D eigenvalue weighted by atomic mass is 16.2. The molecule has 7 nitrogen and oxygen atoms in total. The lowest BCUT2D eigenvalue weighted by Gasteiger charge is -2.01. The molecule has 2 heterocycles. The van der Waals surface area contributed by atoms with Crippen LogP contribution in [0.2, 0.25) is 0 Å². The number of hydrogen-bond donors (Lipinski definition) is 2. The third kappa shape index (κ3) is 2.34. The largest absolute Gasteiger partial charge is 0.345 e. The first-order valence-corrected chi connectivity index (χ1v) is 5.50. The predicted octanol–water partition coefficient (Wildman–Crippen LogP) is -0.315. The zero-order chi connectivity index (χ0) is 13.3. The Bertz CT molecular complexity index is 634. The molecule has 2 N–H and O–H groups in total. The Hall–Kier alpha value is -2.31. The number of aromatic nitrogens is 4. The van der Waals surface area contributed by atoms with Crippen LogP contribution >= 0.6 is 0 Å². The summed E-state index contributed by atoms with van der Waals surface area (Å²) in [6.45, 7) is 2.27. The number of carbonyl (C=O) groups is 1. The summed E-state index contributed by atoms with van der Waals surface area (Å²) < 4.78 is 2.95. The molecule has 0 aliphatic rings. The number of hydrogen-bond acceptors (Lipinski definition) is 3. The summed E-state index contributed by atoms with van der Waals surface area (Å²) in [4.78, 5) is 23.0. The van der Waals surface area contributed by atoms with Crippen molar-refractivity contribution in [3.05, 3.63) is 39.6 Å². The summed E-state index contributed by atoms with van der Waals surface area (Å²) >= 11 is 0. The Balaban J connectivity index is 2.04. The van der Waals surface area contributed by atoms with Crippen molar-refractivity contribution in [3.8, 4) is 0 Å². The summed E-state index contributed by atoms with van der Waals surface area (Å²) in [6, 6.07) is 1.26. The number of amides is 1. The second kappa shape index (κ2) is 4.52. The van der Waals surface area contributed by atoms with Gasteiger partial charge in [-0.1, -0.05) is 0 Å². The maximum atomic E-state index is 11.8. The van der Waals surface area contributed by atoms with Gasteiger partial charge in [-0.2, -0.15) is 5.10 Å². The zero-order valence-electron chi connectivity index (χ0n) is 10.5. The van der Waals surface area contributed by atoms with Crippen LogP contribution in [-0.4, -0.2) is 25.5 Å². The minimum atomic E-state index is -0.322. The lowest BCUT2D eigenvalue weighted by atomic mass is 10.3. The third-order valence-electron chi connectivity index (χ3n) is 2.66. The lowest BCUT2D eigenvalue weighted by molar-refractivity contribution is 0.0944. The molecule has 0 spiro atoms. The molecule has 0 unspecified atom stereocenters. The van der Waals surface area contributed by atoms with Crippen molar-refractivity contribution in [1.82, 2.24) is 24.9 Å². The van der Waals surface area contributed by atoms with Gasteiger partial charge in [-0.15, -0.1) is 0 Å². The molecule has 18 heavy (non-hydrogen) atoms. The highest BCUT2D eigenvalue weighted by molar-refractivity contribution is 5.92. The number of aromatic amines is 1. The summed E-state index contributed by atoms with van der Waals surface area (Å²) in [5, 5.41) is 9.60. The van der Waals surface area contributed by atoms with Gasteiger partial charge in [-0.05, 0) is 12.5 Å². The van der Waals surface area contributed by atoms with Crippen LogP contribution < -0.4 is 10.9 Å². The van der Waals surface area contributed by atoms with Gasteiger partial charge in [0.05, 0.1) is 12.2 Å². The monoisotopic (exact) mass is 249 g/mol. The van der Waals surface area contributed by atoms with Crippen molar-refractivity contribution in [2.24, 2.45) is 14.1 Å². The molecule has 0 atom stereocenters. The van der Waals surface area contributed by atoms with Gasteiger partial charge in [0.1, 0.15) is 5.69 Å². The lowest BCUT2D eigenvalue weighted by Crippen LogP contribution is -2.24. The molecule has 0 saturated carbocycles. The highest BCUT2D eigenvalue weighted by Crippen LogP contribution is 2.03. The second-order valence-corrected chi connectivity index (χ2v) is 4.18. The number of aryl methyl sites for hydroxylation is 3. The SMILES string of the molecule is Cc1cn(C)nc1CNC(=O)c1cc(=O)n(C)[nH]1. The van der Waals surface area contributed by atoms with Crippen LogP contribution in [-0.2, 0) is 20.6 Å². The fourth-order valence-corrected chi connectivity index (χ4v) is 1.69. The van der Waals surface area contributed by atoms with Crippen molar-refractivity contribution in [2.45, 2.75) is 13.5 Å². The summed E-state index contributed by atoms with van der Waals surface area (Å²) in [5.41, 5.74) is 1.83. The van der Waals surface area contributed by atoms with E-state index in [0.29, 0.717) is 6.54 Å². The van der Waals surface area contributed by atoms with E-state index in [1.54, 1.807) is 11.7 Å². The molecule has 1 amide bonds. The topological polar surface area (TPSA) is 84.7 Å². The molecule has 0 aliphatic carbocycles. The number of carbonyl (C=O) groups excluding carboxylic acids is 1. The molecule has 0 fully saturated rings. The maximum Gasteiger partial charge on any atom is 0.269 e. The van der Waals surface area contributed by atoms with Crippen LogP contribution in [0.5, 0.6) is 0 Å². The quantitative estimate of drug-likeness (QED) is 0.782. The third-order valence-corrected chi connectivity index (χ3v) is 2.66. The Kier molecular flexibility index (Phi) is 3.05. The molecule has 0 aromatic carbocycles. The van der Waals surface area contributed by atoms with Crippen molar-refractivity contribution >= 4 is 5.91 Å². The standard InChI is InChI=1S/C11H15N5O2/c1-7-6-15(2)13-9(7)5-12-11(18)8-4-10(17)16(3)14-8/h4,6,14H,5H2,1-3H3,(H,12,18). The van der Waals surface area contributed by atoms with Crippen molar-refractivity contribution < 1.29 is 4.79 Å². The average molecular weight is 249 g/mol. The first-order chi connectivity index (χ1) is 8.47. The molecule has 96 valence electrons. The Morgan fingerprint density at radius 1 is 1.50 bits per heavy atom. The predicted molar refractivity (Wildman–Crippen MR) is 65.1 cm³/mol. The van der Waals surface area contributed by atoms with Gasteiger partial charge in [0.15, 0.2) is 0 Å².